The van der Waals surface area contributed by atoms with E-state index in [1.807, 2.05) is 6.92 Å². The fraction of sp³-hybridized carbons (Fsp3) is 0.500. The van der Waals surface area contributed by atoms with Gasteiger partial charge in [0.25, 0.3) is 5.56 Å². The zero-order valence-electron chi connectivity index (χ0n) is 9.66. The number of aromatic amines is 1. The monoisotopic (exact) mass is 256 g/mol. The Morgan fingerprint density at radius 3 is 2.76 bits per heavy atom. The Labute approximate surface area is 102 Å². The van der Waals surface area contributed by atoms with E-state index in [1.54, 1.807) is 0 Å². The van der Waals surface area contributed by atoms with Gasteiger partial charge in [0, 0.05) is 13.6 Å². The summed E-state index contributed by atoms with van der Waals surface area (Å²) in [5.74, 6) is 0. The third-order valence-corrected chi connectivity index (χ3v) is 2.86. The second-order valence-electron chi connectivity index (χ2n) is 3.88. The molecule has 0 aliphatic heterocycles. The number of aromatic nitrogens is 4. The molecule has 0 saturated heterocycles. The Hall–Kier alpha value is -1.56. The molecule has 0 bridgehead atoms. The third-order valence-electron chi connectivity index (χ3n) is 2.68. The highest BCUT2D eigenvalue weighted by Crippen LogP contribution is 2.09. The molecule has 0 aliphatic carbocycles. The quantitative estimate of drug-likeness (QED) is 0.829. The van der Waals surface area contributed by atoms with Crippen molar-refractivity contribution >= 4 is 22.8 Å². The van der Waals surface area contributed by atoms with Gasteiger partial charge in [-0.2, -0.15) is 4.98 Å². The SMILES string of the molecule is CCCCn1c(=O)n(C)c(=O)c2[nH]c(Cl)nc21. The molecule has 0 atom stereocenters. The van der Waals surface area contributed by atoms with Crippen molar-refractivity contribution in [3.05, 3.63) is 26.1 Å². The summed E-state index contributed by atoms with van der Waals surface area (Å²) < 4.78 is 2.54. The maximum absolute atomic E-state index is 11.9. The number of nitrogens with one attached hydrogen (secondary N) is 1. The number of imidazole rings is 1. The minimum Gasteiger partial charge on any atom is -0.323 e. The van der Waals surface area contributed by atoms with Gasteiger partial charge in [-0.25, -0.2) is 4.79 Å². The minimum atomic E-state index is -0.405. The topological polar surface area (TPSA) is 72.7 Å². The molecule has 6 nitrogen and oxygen atoms in total. The van der Waals surface area contributed by atoms with Crippen LogP contribution in [-0.2, 0) is 13.6 Å². The zero-order chi connectivity index (χ0) is 12.6. The summed E-state index contributed by atoms with van der Waals surface area (Å²) in [6.45, 7) is 2.56. The van der Waals surface area contributed by atoms with Crippen LogP contribution in [0.4, 0.5) is 0 Å². The van der Waals surface area contributed by atoms with Crippen LogP contribution in [0.3, 0.4) is 0 Å². The lowest BCUT2D eigenvalue weighted by atomic mass is 10.3. The lowest BCUT2D eigenvalue weighted by Gasteiger charge is -2.07. The molecule has 92 valence electrons. The summed E-state index contributed by atoms with van der Waals surface area (Å²) in [4.78, 5) is 30.4. The van der Waals surface area contributed by atoms with Crippen LogP contribution in [0, 0.1) is 0 Å². The van der Waals surface area contributed by atoms with E-state index in [0.29, 0.717) is 12.2 Å². The predicted octanol–water partition coefficient (Wildman–Crippen LogP) is 0.877. The molecule has 17 heavy (non-hydrogen) atoms. The minimum absolute atomic E-state index is 0.118. The van der Waals surface area contributed by atoms with E-state index in [4.69, 9.17) is 11.6 Å². The molecule has 2 aromatic heterocycles. The lowest BCUT2D eigenvalue weighted by molar-refractivity contribution is 0.584. The van der Waals surface area contributed by atoms with Gasteiger partial charge >= 0.3 is 5.69 Å². The summed E-state index contributed by atoms with van der Waals surface area (Å²) in [6, 6.07) is 0. The van der Waals surface area contributed by atoms with E-state index in [0.717, 1.165) is 17.4 Å². The van der Waals surface area contributed by atoms with Crippen LogP contribution in [0.1, 0.15) is 19.8 Å². The highest BCUT2D eigenvalue weighted by molar-refractivity contribution is 6.28. The highest BCUT2D eigenvalue weighted by Gasteiger charge is 2.14. The van der Waals surface area contributed by atoms with Crippen molar-refractivity contribution in [2.24, 2.45) is 7.05 Å². The molecule has 0 radical (unpaired) electrons. The van der Waals surface area contributed by atoms with Gasteiger partial charge in [-0.1, -0.05) is 13.3 Å². The first-order valence-corrected chi connectivity index (χ1v) is 5.79. The molecule has 0 amide bonds. The smallest absolute Gasteiger partial charge is 0.323 e. The number of aryl methyl sites for hydroxylation is 1. The second-order valence-corrected chi connectivity index (χ2v) is 4.24. The molecule has 2 heterocycles. The first-order valence-electron chi connectivity index (χ1n) is 5.41. The van der Waals surface area contributed by atoms with Crippen LogP contribution in [0.5, 0.6) is 0 Å². The fourth-order valence-corrected chi connectivity index (χ4v) is 1.90. The summed E-state index contributed by atoms with van der Waals surface area (Å²) in [5.41, 5.74) is -0.166. The van der Waals surface area contributed by atoms with Crippen LogP contribution >= 0.6 is 11.6 Å². The zero-order valence-corrected chi connectivity index (χ0v) is 10.4. The standard InChI is InChI=1S/C10H13ClN4O2/c1-3-4-5-15-7-6(12-9(11)13-7)8(16)14(2)10(15)17/h3-5H2,1-2H3,(H,12,13). The van der Waals surface area contributed by atoms with Crippen molar-refractivity contribution < 1.29 is 0 Å². The maximum Gasteiger partial charge on any atom is 0.332 e. The van der Waals surface area contributed by atoms with Crippen molar-refractivity contribution in [2.45, 2.75) is 26.3 Å². The summed E-state index contributed by atoms with van der Waals surface area (Å²) in [7, 11) is 1.45. The van der Waals surface area contributed by atoms with E-state index >= 15 is 0 Å². The third kappa shape index (κ3) is 1.88. The first-order chi connectivity index (χ1) is 8.06. The van der Waals surface area contributed by atoms with E-state index in [2.05, 4.69) is 9.97 Å². The predicted molar refractivity (Wildman–Crippen MR) is 65.5 cm³/mol. The van der Waals surface area contributed by atoms with Gasteiger partial charge < -0.3 is 4.98 Å². The van der Waals surface area contributed by atoms with E-state index in [-0.39, 0.29) is 16.5 Å². The Kier molecular flexibility index (Phi) is 3.06. The number of rotatable bonds is 3. The molecule has 1 N–H and O–H groups in total. The molecule has 2 aromatic rings. The summed E-state index contributed by atoms with van der Waals surface area (Å²) in [5, 5.41) is 0.118. The molecule has 0 unspecified atom stereocenters. The number of H-pyrrole nitrogens is 1. The molecular formula is C10H13ClN4O2. The maximum atomic E-state index is 11.9. The molecular weight excluding hydrogens is 244 g/mol. The number of hydrogen-bond acceptors (Lipinski definition) is 3. The summed E-state index contributed by atoms with van der Waals surface area (Å²) in [6.07, 6.45) is 1.80. The van der Waals surface area contributed by atoms with Gasteiger partial charge in [0.2, 0.25) is 5.28 Å². The van der Waals surface area contributed by atoms with E-state index in [9.17, 15) is 9.59 Å². The Balaban J connectivity index is 2.80. The average molecular weight is 257 g/mol. The fourth-order valence-electron chi connectivity index (χ4n) is 1.72. The number of halogens is 1. The largest absolute Gasteiger partial charge is 0.332 e. The van der Waals surface area contributed by atoms with Gasteiger partial charge in [0.15, 0.2) is 11.2 Å². The molecule has 0 aliphatic rings. The number of unbranched alkanes of at least 4 members (excludes halogenated alkanes) is 1. The van der Waals surface area contributed by atoms with Gasteiger partial charge in [-0.15, -0.1) is 0 Å². The van der Waals surface area contributed by atoms with Crippen LogP contribution in [-0.4, -0.2) is 19.1 Å². The van der Waals surface area contributed by atoms with Gasteiger partial charge in [-0.3, -0.25) is 13.9 Å². The molecule has 0 aromatic carbocycles. The Morgan fingerprint density at radius 1 is 1.41 bits per heavy atom. The highest BCUT2D eigenvalue weighted by atomic mass is 35.5. The first kappa shape index (κ1) is 11.9. The average Bonchev–Trinajstić information content (AvgIpc) is 2.68. The van der Waals surface area contributed by atoms with E-state index in [1.165, 1.54) is 11.6 Å². The molecule has 0 fully saturated rings. The number of hydrogen-bond donors (Lipinski definition) is 1. The van der Waals surface area contributed by atoms with Crippen LogP contribution < -0.4 is 11.2 Å². The summed E-state index contributed by atoms with van der Waals surface area (Å²) >= 11 is 5.74. The van der Waals surface area contributed by atoms with Crippen molar-refractivity contribution in [2.75, 3.05) is 0 Å². The Bertz CT molecular complexity index is 667. The molecule has 2 rings (SSSR count). The molecule has 0 saturated carbocycles. The van der Waals surface area contributed by atoms with Gasteiger partial charge in [0.05, 0.1) is 0 Å². The molecule has 7 heteroatoms. The van der Waals surface area contributed by atoms with Crippen molar-refractivity contribution in [1.29, 1.82) is 0 Å². The number of nitrogens with zero attached hydrogens (tertiary/aromatic N) is 3. The van der Waals surface area contributed by atoms with Crippen LogP contribution in [0.15, 0.2) is 9.59 Å². The van der Waals surface area contributed by atoms with E-state index < -0.39 is 5.56 Å². The van der Waals surface area contributed by atoms with Crippen molar-refractivity contribution in [1.82, 2.24) is 19.1 Å². The lowest BCUT2D eigenvalue weighted by Crippen LogP contribution is -2.38. The van der Waals surface area contributed by atoms with Crippen molar-refractivity contribution in [3.63, 3.8) is 0 Å². The van der Waals surface area contributed by atoms with Gasteiger partial charge in [0.1, 0.15) is 0 Å². The Morgan fingerprint density at radius 2 is 2.12 bits per heavy atom. The van der Waals surface area contributed by atoms with Crippen LogP contribution in [0.25, 0.3) is 11.2 Å². The normalized spacial score (nSPS) is 11.2. The van der Waals surface area contributed by atoms with Crippen molar-refractivity contribution in [3.8, 4) is 0 Å². The second kappa shape index (κ2) is 4.37. The van der Waals surface area contributed by atoms with Gasteiger partial charge in [-0.05, 0) is 18.0 Å². The number of fused-ring (bicyclic) bond motifs is 1. The molecule has 0 spiro atoms. The van der Waals surface area contributed by atoms with Crippen LogP contribution in [0.2, 0.25) is 5.28 Å².